The van der Waals surface area contributed by atoms with Gasteiger partial charge in [0, 0.05) is 30.3 Å². The number of carbonyl (C=O) groups is 2. The molecular formula is C24H18ClN3O4S. The van der Waals surface area contributed by atoms with Gasteiger partial charge in [-0.25, -0.2) is 4.99 Å². The lowest BCUT2D eigenvalue weighted by Crippen LogP contribution is -2.31. The molecule has 0 atom stereocenters. The highest BCUT2D eigenvalue weighted by Gasteiger charge is 2.35. The number of benzene rings is 2. The summed E-state index contributed by atoms with van der Waals surface area (Å²) in [6.45, 7) is 1.60. The van der Waals surface area contributed by atoms with Gasteiger partial charge in [0.1, 0.15) is 10.6 Å². The summed E-state index contributed by atoms with van der Waals surface area (Å²) in [5.41, 5.74) is 3.20. The van der Waals surface area contributed by atoms with Gasteiger partial charge in [0.25, 0.3) is 5.91 Å². The molecule has 1 aliphatic heterocycles. The Morgan fingerprint density at radius 1 is 1.00 bits per heavy atom. The van der Waals surface area contributed by atoms with Crippen LogP contribution >= 0.6 is 11.6 Å². The molecule has 0 saturated carbocycles. The first-order valence-corrected chi connectivity index (χ1v) is 11.4. The normalized spacial score (nSPS) is 14.7. The lowest BCUT2D eigenvalue weighted by atomic mass is 9.92. The van der Waals surface area contributed by atoms with Crippen LogP contribution in [0.15, 0.2) is 88.0 Å². The summed E-state index contributed by atoms with van der Waals surface area (Å²) >= 11 is 6.19. The average Bonchev–Trinajstić information content (AvgIpc) is 3.17. The monoisotopic (exact) mass is 479 g/mol. The fourth-order valence-electron chi connectivity index (χ4n) is 3.62. The predicted octanol–water partition coefficient (Wildman–Crippen LogP) is 3.24. The van der Waals surface area contributed by atoms with E-state index in [9.17, 15) is 18.0 Å². The zero-order valence-electron chi connectivity index (χ0n) is 17.4. The maximum absolute atomic E-state index is 13.2. The second-order valence-electron chi connectivity index (χ2n) is 7.27. The summed E-state index contributed by atoms with van der Waals surface area (Å²) < 4.78 is 23.9. The number of carbonyl (C=O) groups excluding carboxylic acids is 2. The predicted molar refractivity (Wildman–Crippen MR) is 129 cm³/mol. The number of halogens is 1. The summed E-state index contributed by atoms with van der Waals surface area (Å²) in [5, 5.41) is 5.59. The van der Waals surface area contributed by atoms with E-state index in [1.165, 1.54) is 13.0 Å². The topological polar surface area (TPSA) is 105 Å². The minimum absolute atomic E-state index is 0.0576. The second-order valence-corrected chi connectivity index (χ2v) is 8.56. The number of hydrogen-bond donors (Lipinski definition) is 2. The highest BCUT2D eigenvalue weighted by atomic mass is 35.5. The minimum atomic E-state index is -2.63. The van der Waals surface area contributed by atoms with Crippen molar-refractivity contribution in [1.82, 2.24) is 5.32 Å². The van der Waals surface area contributed by atoms with Crippen LogP contribution in [0.25, 0.3) is 5.57 Å². The van der Waals surface area contributed by atoms with Gasteiger partial charge in [-0.15, -0.1) is 0 Å². The highest BCUT2D eigenvalue weighted by molar-refractivity contribution is 7.74. The Kier molecular flexibility index (Phi) is 6.39. The average molecular weight is 480 g/mol. The third-order valence-electron chi connectivity index (χ3n) is 4.95. The van der Waals surface area contributed by atoms with Crippen molar-refractivity contribution >= 4 is 55.5 Å². The van der Waals surface area contributed by atoms with Gasteiger partial charge < -0.3 is 10.6 Å². The smallest absolute Gasteiger partial charge is 0.270 e. The molecule has 2 amide bonds. The third-order valence-corrected chi connectivity index (χ3v) is 6.14. The first kappa shape index (κ1) is 22.4. The molecule has 2 aromatic carbocycles. The molecule has 0 spiro atoms. The molecule has 0 fully saturated rings. The Labute approximate surface area is 196 Å². The Morgan fingerprint density at radius 3 is 2.45 bits per heavy atom. The maximum atomic E-state index is 13.2. The first-order chi connectivity index (χ1) is 15.8. The van der Waals surface area contributed by atoms with Gasteiger partial charge in [0.15, 0.2) is 0 Å². The van der Waals surface area contributed by atoms with Gasteiger partial charge in [-0.2, -0.15) is 8.42 Å². The van der Waals surface area contributed by atoms with Gasteiger partial charge in [0.2, 0.25) is 16.2 Å². The largest absolute Gasteiger partial charge is 0.347 e. The van der Waals surface area contributed by atoms with E-state index >= 15 is 0 Å². The molecule has 0 unspecified atom stereocenters. The van der Waals surface area contributed by atoms with Gasteiger partial charge >= 0.3 is 0 Å². The zero-order valence-corrected chi connectivity index (χ0v) is 19.0. The van der Waals surface area contributed by atoms with E-state index in [0.29, 0.717) is 28.1 Å². The second kappa shape index (κ2) is 9.40. The van der Waals surface area contributed by atoms with E-state index in [4.69, 9.17) is 11.6 Å². The highest BCUT2D eigenvalue weighted by Crippen LogP contribution is 2.38. The molecular weight excluding hydrogens is 462 g/mol. The van der Waals surface area contributed by atoms with E-state index in [0.717, 1.165) is 5.56 Å². The first-order valence-electron chi connectivity index (χ1n) is 9.93. The van der Waals surface area contributed by atoms with Gasteiger partial charge in [-0.3, -0.25) is 9.59 Å². The molecule has 2 N–H and O–H groups in total. The lowest BCUT2D eigenvalue weighted by Gasteiger charge is -2.13. The number of allylic oxidation sites excluding steroid dienone is 4. The van der Waals surface area contributed by atoms with Gasteiger partial charge in [0.05, 0.1) is 10.7 Å². The quantitative estimate of drug-likeness (QED) is 0.642. The molecule has 4 rings (SSSR count). The minimum Gasteiger partial charge on any atom is -0.347 e. The Balaban J connectivity index is 1.69. The van der Waals surface area contributed by atoms with Crippen molar-refractivity contribution in [2.24, 2.45) is 4.99 Å². The van der Waals surface area contributed by atoms with Crippen LogP contribution < -0.4 is 10.6 Å². The van der Waals surface area contributed by atoms with E-state index < -0.39 is 16.2 Å². The molecule has 33 heavy (non-hydrogen) atoms. The maximum Gasteiger partial charge on any atom is 0.270 e. The molecule has 0 radical (unpaired) electrons. The number of anilines is 1. The molecule has 1 aliphatic carbocycles. The molecule has 7 nitrogen and oxygen atoms in total. The number of fused-ring (bicyclic) bond motifs is 1. The molecule has 166 valence electrons. The lowest BCUT2D eigenvalue weighted by molar-refractivity contribution is -0.115. The van der Waals surface area contributed by atoms with Crippen LogP contribution in [0, 0.1) is 0 Å². The van der Waals surface area contributed by atoms with Crippen LogP contribution in [0.3, 0.4) is 0 Å². The van der Waals surface area contributed by atoms with Crippen LogP contribution in [-0.4, -0.2) is 30.8 Å². The Bertz CT molecular complexity index is 1430. The fraction of sp³-hybridized carbons (Fsp3) is 0.0833. The van der Waals surface area contributed by atoms with Gasteiger partial charge in [-0.05, 0) is 35.4 Å². The van der Waals surface area contributed by atoms with Crippen molar-refractivity contribution in [2.45, 2.75) is 13.5 Å². The zero-order chi connectivity index (χ0) is 23.5. The van der Waals surface area contributed by atoms with Crippen molar-refractivity contribution in [3.05, 3.63) is 94.2 Å². The SMILES string of the molecule is CC(=O)Nc1cccc(CNC(=O)C2=NC3=CC=C(Cl)C(=S(=O)=O)C3=C2c2ccccc2)c1. The number of nitrogens with zero attached hydrogens (tertiary/aromatic N) is 1. The van der Waals surface area contributed by atoms with E-state index in [-0.39, 0.29) is 28.1 Å². The fourth-order valence-corrected chi connectivity index (χ4v) is 4.56. The molecule has 1 heterocycles. The number of hydrogen-bond acceptors (Lipinski definition) is 5. The molecule has 0 saturated heterocycles. The summed E-state index contributed by atoms with van der Waals surface area (Å²) in [6.07, 6.45) is 3.04. The Morgan fingerprint density at radius 2 is 1.76 bits per heavy atom. The van der Waals surface area contributed by atoms with E-state index in [1.54, 1.807) is 48.5 Å². The molecule has 0 bridgehead atoms. The molecule has 2 aliphatic rings. The number of amides is 2. The molecule has 9 heteroatoms. The summed E-state index contributed by atoms with van der Waals surface area (Å²) in [5.74, 6) is -0.657. The van der Waals surface area contributed by atoms with Gasteiger partial charge in [-0.1, -0.05) is 54.1 Å². The molecule has 0 aromatic heterocycles. The van der Waals surface area contributed by atoms with Crippen LogP contribution in [0.4, 0.5) is 5.69 Å². The van der Waals surface area contributed by atoms with E-state index in [1.807, 2.05) is 12.1 Å². The van der Waals surface area contributed by atoms with E-state index in [2.05, 4.69) is 15.6 Å². The van der Waals surface area contributed by atoms with Crippen LogP contribution in [0.2, 0.25) is 0 Å². The van der Waals surface area contributed by atoms with Crippen molar-refractivity contribution in [3.8, 4) is 0 Å². The van der Waals surface area contributed by atoms with Crippen molar-refractivity contribution in [1.29, 1.82) is 0 Å². The number of aliphatic imine (C=N–C) groups is 1. The summed E-state index contributed by atoms with van der Waals surface area (Å²) in [6, 6.07) is 16.1. The third kappa shape index (κ3) is 4.72. The van der Waals surface area contributed by atoms with Crippen LogP contribution in [-0.2, 0) is 26.4 Å². The standard InChI is InChI=1S/C24H18ClN3O4S/c1-14(29)27-17-9-5-6-15(12-17)13-26-24(30)22-20(16-7-3-2-4-8-16)21-19(28-22)11-10-18(25)23(21)33(31)32/h2-12H,13H2,1H3,(H,26,30)(H,27,29). The van der Waals surface area contributed by atoms with Crippen molar-refractivity contribution < 1.29 is 18.0 Å². The van der Waals surface area contributed by atoms with Crippen LogP contribution in [0.5, 0.6) is 0 Å². The summed E-state index contributed by atoms with van der Waals surface area (Å²) in [7, 11) is -2.63. The number of nitrogens with one attached hydrogen (secondary N) is 2. The number of rotatable bonds is 5. The van der Waals surface area contributed by atoms with Crippen LogP contribution in [0.1, 0.15) is 18.1 Å². The van der Waals surface area contributed by atoms with Crippen molar-refractivity contribution in [3.63, 3.8) is 0 Å². The Hall–Kier alpha value is -3.75. The molecule has 2 aromatic rings. The summed E-state index contributed by atoms with van der Waals surface area (Å²) in [4.78, 5) is 28.8. The van der Waals surface area contributed by atoms with Crippen molar-refractivity contribution in [2.75, 3.05) is 5.32 Å².